The Morgan fingerprint density at radius 3 is 2.06 bits per heavy atom. The van der Waals surface area contributed by atoms with Crippen LogP contribution in [-0.4, -0.2) is 47.2 Å². The molecule has 2 fully saturated rings. The zero-order valence-corrected chi connectivity index (χ0v) is 19.4. The van der Waals surface area contributed by atoms with E-state index in [0.29, 0.717) is 24.2 Å². The molecule has 0 bridgehead atoms. The lowest BCUT2D eigenvalue weighted by Crippen LogP contribution is -2.52. The van der Waals surface area contributed by atoms with Crippen LogP contribution in [0.1, 0.15) is 46.4 Å². The predicted octanol–water partition coefficient (Wildman–Crippen LogP) is 4.42. The molecular weight excluding hydrogens is 467 g/mol. The number of hydrazine groups is 1. The molecule has 1 saturated carbocycles. The van der Waals surface area contributed by atoms with Crippen LogP contribution in [0.2, 0.25) is 10.0 Å². The van der Waals surface area contributed by atoms with Crippen molar-refractivity contribution in [2.24, 2.45) is 11.8 Å². The predicted molar refractivity (Wildman–Crippen MR) is 122 cm³/mol. The van der Waals surface area contributed by atoms with E-state index in [4.69, 9.17) is 27.9 Å². The van der Waals surface area contributed by atoms with Gasteiger partial charge in [0.25, 0.3) is 17.7 Å². The second-order valence-electron chi connectivity index (χ2n) is 8.13. The summed E-state index contributed by atoms with van der Waals surface area (Å²) in [6.45, 7) is -0.484. The number of ketones is 1. The summed E-state index contributed by atoms with van der Waals surface area (Å²) >= 11 is 12.1. The van der Waals surface area contributed by atoms with E-state index in [1.54, 1.807) is 24.3 Å². The topological polar surface area (TPSA) is 84.0 Å². The van der Waals surface area contributed by atoms with Crippen LogP contribution in [0.3, 0.4) is 0 Å². The number of rotatable bonds is 6. The molecule has 2 aromatic rings. The van der Waals surface area contributed by atoms with Crippen LogP contribution in [0.15, 0.2) is 42.5 Å². The summed E-state index contributed by atoms with van der Waals surface area (Å²) in [5, 5.41) is 2.22. The molecule has 1 aliphatic carbocycles. The largest absolute Gasteiger partial charge is 0.497 e. The number of imide groups is 1. The monoisotopic (exact) mass is 488 g/mol. The molecule has 7 nitrogen and oxygen atoms in total. The highest BCUT2D eigenvalue weighted by molar-refractivity contribution is 6.42. The first kappa shape index (κ1) is 23.3. The van der Waals surface area contributed by atoms with Crippen LogP contribution in [0, 0.1) is 11.8 Å². The molecule has 0 N–H and O–H groups in total. The Labute approximate surface area is 201 Å². The van der Waals surface area contributed by atoms with Gasteiger partial charge in [0, 0.05) is 11.1 Å². The van der Waals surface area contributed by atoms with E-state index in [1.807, 2.05) is 0 Å². The van der Waals surface area contributed by atoms with Crippen molar-refractivity contribution in [1.82, 2.24) is 10.0 Å². The molecule has 1 heterocycles. The van der Waals surface area contributed by atoms with E-state index in [2.05, 4.69) is 0 Å². The summed E-state index contributed by atoms with van der Waals surface area (Å²) in [5.41, 5.74) is 0.432. The lowest BCUT2D eigenvalue weighted by molar-refractivity contribution is -0.154. The van der Waals surface area contributed by atoms with Crippen molar-refractivity contribution in [3.05, 3.63) is 63.6 Å². The average Bonchev–Trinajstić information content (AvgIpc) is 3.09. The molecule has 9 heteroatoms. The summed E-state index contributed by atoms with van der Waals surface area (Å²) in [6.07, 6.45) is 2.87. The van der Waals surface area contributed by atoms with Crippen molar-refractivity contribution in [2.45, 2.75) is 25.7 Å². The number of hydrogen-bond donors (Lipinski definition) is 0. The van der Waals surface area contributed by atoms with Gasteiger partial charge < -0.3 is 4.74 Å². The van der Waals surface area contributed by atoms with Gasteiger partial charge in [0.1, 0.15) is 12.3 Å². The van der Waals surface area contributed by atoms with E-state index < -0.39 is 41.9 Å². The summed E-state index contributed by atoms with van der Waals surface area (Å²) in [7, 11) is 1.51. The van der Waals surface area contributed by atoms with Gasteiger partial charge in [0.15, 0.2) is 5.78 Å². The lowest BCUT2D eigenvalue weighted by Gasteiger charge is -2.30. The minimum absolute atomic E-state index is 0.113. The number of carbonyl (C=O) groups excluding carboxylic acids is 4. The van der Waals surface area contributed by atoms with Gasteiger partial charge in [-0.1, -0.05) is 36.0 Å². The minimum atomic E-state index is -0.684. The van der Waals surface area contributed by atoms with Gasteiger partial charge in [0.05, 0.1) is 29.0 Å². The number of nitrogens with zero attached hydrogens (tertiary/aromatic N) is 2. The molecule has 0 unspecified atom stereocenters. The van der Waals surface area contributed by atoms with Crippen LogP contribution >= 0.6 is 23.2 Å². The van der Waals surface area contributed by atoms with Gasteiger partial charge in [-0.15, -0.1) is 0 Å². The van der Waals surface area contributed by atoms with E-state index in [-0.39, 0.29) is 15.6 Å². The molecule has 1 saturated heterocycles. The molecule has 172 valence electrons. The molecule has 0 radical (unpaired) electrons. The van der Waals surface area contributed by atoms with Gasteiger partial charge in [-0.05, 0) is 55.3 Å². The second kappa shape index (κ2) is 9.53. The van der Waals surface area contributed by atoms with Crippen LogP contribution in [0.4, 0.5) is 0 Å². The maximum absolute atomic E-state index is 13.5. The van der Waals surface area contributed by atoms with Crippen LogP contribution in [-0.2, 0) is 9.59 Å². The molecule has 1 aliphatic heterocycles. The van der Waals surface area contributed by atoms with Gasteiger partial charge in [0.2, 0.25) is 0 Å². The zero-order valence-electron chi connectivity index (χ0n) is 17.9. The number of fused-ring (bicyclic) bond motifs is 1. The number of halogens is 2. The van der Waals surface area contributed by atoms with Crippen molar-refractivity contribution >= 4 is 46.7 Å². The zero-order chi connectivity index (χ0) is 23.7. The number of carbonyl (C=O) groups is 4. The number of ether oxygens (including phenoxy) is 1. The SMILES string of the molecule is COc1ccc(C(=O)CN(C(=O)c2ccc(Cl)c(Cl)c2)N2C(=O)[C@H]3CCCC[C@@H]3C2=O)cc1. The molecule has 3 amide bonds. The number of benzene rings is 2. The van der Waals surface area contributed by atoms with Crippen molar-refractivity contribution < 1.29 is 23.9 Å². The normalized spacial score (nSPS) is 19.9. The van der Waals surface area contributed by atoms with Gasteiger partial charge >= 0.3 is 0 Å². The number of hydrogen-bond acceptors (Lipinski definition) is 5. The Morgan fingerprint density at radius 1 is 0.939 bits per heavy atom. The Hall–Kier alpha value is -2.90. The minimum Gasteiger partial charge on any atom is -0.497 e. The Morgan fingerprint density at radius 2 is 1.52 bits per heavy atom. The van der Waals surface area contributed by atoms with Crippen LogP contribution < -0.4 is 4.74 Å². The molecule has 33 heavy (non-hydrogen) atoms. The third-order valence-electron chi connectivity index (χ3n) is 6.17. The molecular formula is C24H22Cl2N2O5. The van der Waals surface area contributed by atoms with Gasteiger partial charge in [-0.25, -0.2) is 5.01 Å². The maximum atomic E-state index is 13.5. The standard InChI is InChI=1S/C24H22Cl2N2O5/c1-33-16-9-6-14(7-10-16)21(29)13-27(22(30)15-8-11-19(25)20(26)12-15)28-23(31)17-4-2-3-5-18(17)24(28)32/h6-12,17-18H,2-5,13H2,1H3/t17-,18-/m0/s1. The van der Waals surface area contributed by atoms with E-state index >= 15 is 0 Å². The van der Waals surface area contributed by atoms with E-state index in [0.717, 1.165) is 22.9 Å². The summed E-state index contributed by atoms with van der Waals surface area (Å²) in [6, 6.07) is 10.6. The number of methoxy groups -OCH3 is 1. The number of Topliss-reactive ketones (excluding diaryl/α,β-unsaturated/α-hetero) is 1. The molecule has 2 aromatic carbocycles. The molecule has 0 spiro atoms. The van der Waals surface area contributed by atoms with Crippen molar-refractivity contribution in [1.29, 1.82) is 0 Å². The fraction of sp³-hybridized carbons (Fsp3) is 0.333. The summed E-state index contributed by atoms with van der Waals surface area (Å²) < 4.78 is 5.11. The first-order chi connectivity index (χ1) is 15.8. The highest BCUT2D eigenvalue weighted by atomic mass is 35.5. The van der Waals surface area contributed by atoms with E-state index in [9.17, 15) is 19.2 Å². The Balaban J connectivity index is 1.69. The molecule has 2 aliphatic rings. The highest BCUT2D eigenvalue weighted by Crippen LogP contribution is 2.39. The van der Waals surface area contributed by atoms with Gasteiger partial charge in [-0.3, -0.25) is 19.2 Å². The van der Waals surface area contributed by atoms with Crippen molar-refractivity contribution in [3.63, 3.8) is 0 Å². The average molecular weight is 489 g/mol. The first-order valence-electron chi connectivity index (χ1n) is 10.6. The third kappa shape index (κ3) is 4.48. The Kier molecular flexibility index (Phi) is 6.72. The molecule has 4 rings (SSSR count). The Bertz CT molecular complexity index is 1090. The highest BCUT2D eigenvalue weighted by Gasteiger charge is 2.51. The smallest absolute Gasteiger partial charge is 0.273 e. The summed E-state index contributed by atoms with van der Waals surface area (Å²) in [4.78, 5) is 52.9. The van der Waals surface area contributed by atoms with Crippen LogP contribution in [0.5, 0.6) is 5.75 Å². The summed E-state index contributed by atoms with van der Waals surface area (Å²) in [5.74, 6) is -2.36. The first-order valence-corrected chi connectivity index (χ1v) is 11.4. The number of amides is 3. The quantitative estimate of drug-likeness (QED) is 0.443. The van der Waals surface area contributed by atoms with Gasteiger partial charge in [-0.2, -0.15) is 5.01 Å². The fourth-order valence-corrected chi connectivity index (χ4v) is 4.70. The van der Waals surface area contributed by atoms with Crippen LogP contribution in [0.25, 0.3) is 0 Å². The fourth-order valence-electron chi connectivity index (χ4n) is 4.40. The maximum Gasteiger partial charge on any atom is 0.273 e. The molecule has 0 aromatic heterocycles. The third-order valence-corrected chi connectivity index (χ3v) is 6.90. The van der Waals surface area contributed by atoms with Crippen molar-refractivity contribution in [2.75, 3.05) is 13.7 Å². The molecule has 2 atom stereocenters. The second-order valence-corrected chi connectivity index (χ2v) is 8.94. The lowest BCUT2D eigenvalue weighted by atomic mass is 9.81. The van der Waals surface area contributed by atoms with E-state index in [1.165, 1.54) is 25.3 Å². The van der Waals surface area contributed by atoms with Crippen molar-refractivity contribution in [3.8, 4) is 5.75 Å².